The summed E-state index contributed by atoms with van der Waals surface area (Å²) >= 11 is 0. The van der Waals surface area contributed by atoms with Gasteiger partial charge in [-0.2, -0.15) is 0 Å². The number of carbonyl (C=O) groups excluding carboxylic acids is 2. The monoisotopic (exact) mass is 261 g/mol. The lowest BCUT2D eigenvalue weighted by atomic mass is 10.1. The number of ether oxygens (including phenoxy) is 1. The molecule has 1 unspecified atom stereocenters. The Morgan fingerprint density at radius 2 is 1.84 bits per heavy atom. The first-order valence-corrected chi connectivity index (χ1v) is 6.46. The molecule has 0 aromatic heterocycles. The molecule has 1 saturated heterocycles. The van der Waals surface area contributed by atoms with Gasteiger partial charge in [-0.1, -0.05) is 17.2 Å². The second kappa shape index (κ2) is 5.43. The molecule has 0 saturated carbocycles. The van der Waals surface area contributed by atoms with E-state index in [0.29, 0.717) is 25.1 Å². The number of esters is 1. The molecule has 1 aromatic rings. The van der Waals surface area contributed by atoms with Crippen LogP contribution in [0.2, 0.25) is 0 Å². The maximum atomic E-state index is 12.4. The molecule has 0 aliphatic carbocycles. The van der Waals surface area contributed by atoms with E-state index in [2.05, 4.69) is 0 Å². The predicted molar refractivity (Wildman–Crippen MR) is 71.9 cm³/mol. The largest absolute Gasteiger partial charge is 0.469 e. The van der Waals surface area contributed by atoms with E-state index in [4.69, 9.17) is 4.74 Å². The molecule has 0 N–H and O–H groups in total. The third-order valence-corrected chi connectivity index (χ3v) is 3.48. The molecule has 4 nitrogen and oxygen atoms in total. The second-order valence-corrected chi connectivity index (χ2v) is 5.14. The standard InChI is InChI=1S/C15H19NO3/c1-10-6-11(2)8-13(7-10)14(17)16-5-4-12(9-16)15(18)19-3/h6-8,12H,4-5,9H2,1-3H3. The second-order valence-electron chi connectivity index (χ2n) is 5.14. The summed E-state index contributed by atoms with van der Waals surface area (Å²) in [4.78, 5) is 25.6. The maximum absolute atomic E-state index is 12.4. The van der Waals surface area contributed by atoms with Crippen LogP contribution in [0.25, 0.3) is 0 Å². The Balaban J connectivity index is 2.11. The summed E-state index contributed by atoms with van der Waals surface area (Å²) in [7, 11) is 1.39. The van der Waals surface area contributed by atoms with E-state index >= 15 is 0 Å². The number of rotatable bonds is 2. The average molecular weight is 261 g/mol. The number of likely N-dealkylation sites (tertiary alicyclic amines) is 1. The van der Waals surface area contributed by atoms with Gasteiger partial charge in [-0.15, -0.1) is 0 Å². The van der Waals surface area contributed by atoms with E-state index < -0.39 is 0 Å². The fourth-order valence-corrected chi connectivity index (χ4v) is 2.58. The molecule has 1 aromatic carbocycles. The molecule has 102 valence electrons. The van der Waals surface area contributed by atoms with Gasteiger partial charge < -0.3 is 9.64 Å². The smallest absolute Gasteiger partial charge is 0.310 e. The van der Waals surface area contributed by atoms with Crippen molar-refractivity contribution in [3.8, 4) is 0 Å². The Morgan fingerprint density at radius 3 is 2.42 bits per heavy atom. The topological polar surface area (TPSA) is 46.6 Å². The number of nitrogens with zero attached hydrogens (tertiary/aromatic N) is 1. The molecule has 1 atom stereocenters. The minimum absolute atomic E-state index is 0.00166. The number of hydrogen-bond donors (Lipinski definition) is 0. The molecule has 1 heterocycles. The van der Waals surface area contributed by atoms with Crippen molar-refractivity contribution in [2.45, 2.75) is 20.3 Å². The highest BCUT2D eigenvalue weighted by molar-refractivity contribution is 5.95. The fraction of sp³-hybridized carbons (Fsp3) is 0.467. The van der Waals surface area contributed by atoms with Crippen LogP contribution in [0.4, 0.5) is 0 Å². The minimum Gasteiger partial charge on any atom is -0.469 e. The molecule has 2 rings (SSSR count). The normalized spacial score (nSPS) is 18.5. The Kier molecular flexibility index (Phi) is 3.88. The van der Waals surface area contributed by atoms with E-state index in [0.717, 1.165) is 11.1 Å². The molecule has 0 bridgehead atoms. The van der Waals surface area contributed by atoms with Crippen molar-refractivity contribution in [1.29, 1.82) is 0 Å². The summed E-state index contributed by atoms with van der Waals surface area (Å²) in [5.74, 6) is -0.409. The van der Waals surface area contributed by atoms with E-state index in [1.807, 2.05) is 32.0 Å². The lowest BCUT2D eigenvalue weighted by Gasteiger charge is -2.16. The fourth-order valence-electron chi connectivity index (χ4n) is 2.58. The summed E-state index contributed by atoms with van der Waals surface area (Å²) < 4.78 is 4.73. The minimum atomic E-state index is -0.226. The zero-order valence-corrected chi connectivity index (χ0v) is 11.6. The van der Waals surface area contributed by atoms with Crippen LogP contribution < -0.4 is 0 Å². The molecule has 0 radical (unpaired) electrons. The molecule has 1 amide bonds. The van der Waals surface area contributed by atoms with Gasteiger partial charge in [-0.25, -0.2) is 0 Å². The molecule has 1 aliphatic heterocycles. The van der Waals surface area contributed by atoms with Crippen LogP contribution in [0.15, 0.2) is 18.2 Å². The van der Waals surface area contributed by atoms with Crippen molar-refractivity contribution < 1.29 is 14.3 Å². The molecular weight excluding hydrogens is 242 g/mol. The average Bonchev–Trinajstić information content (AvgIpc) is 2.85. The quantitative estimate of drug-likeness (QED) is 0.764. The van der Waals surface area contributed by atoms with Crippen LogP contribution in [0, 0.1) is 19.8 Å². The van der Waals surface area contributed by atoms with Gasteiger partial charge in [-0.05, 0) is 32.4 Å². The molecular formula is C15H19NO3. The highest BCUT2D eigenvalue weighted by Gasteiger charge is 2.32. The van der Waals surface area contributed by atoms with Gasteiger partial charge in [0.05, 0.1) is 13.0 Å². The third-order valence-electron chi connectivity index (χ3n) is 3.48. The highest BCUT2D eigenvalue weighted by Crippen LogP contribution is 2.20. The molecule has 0 spiro atoms. The Bertz CT molecular complexity index is 490. The van der Waals surface area contributed by atoms with Gasteiger partial charge in [0, 0.05) is 18.7 Å². The first-order chi connectivity index (χ1) is 9.01. The Morgan fingerprint density at radius 1 is 1.21 bits per heavy atom. The van der Waals surface area contributed by atoms with Gasteiger partial charge >= 0.3 is 5.97 Å². The number of carbonyl (C=O) groups is 2. The van der Waals surface area contributed by atoms with E-state index in [1.54, 1.807) is 4.90 Å². The van der Waals surface area contributed by atoms with Crippen LogP contribution >= 0.6 is 0 Å². The predicted octanol–water partition coefficient (Wildman–Crippen LogP) is 1.94. The van der Waals surface area contributed by atoms with Crippen LogP contribution in [0.5, 0.6) is 0 Å². The summed E-state index contributed by atoms with van der Waals surface area (Å²) in [6, 6.07) is 5.82. The third kappa shape index (κ3) is 2.95. The van der Waals surface area contributed by atoms with E-state index in [-0.39, 0.29) is 17.8 Å². The van der Waals surface area contributed by atoms with E-state index in [9.17, 15) is 9.59 Å². The van der Waals surface area contributed by atoms with Gasteiger partial charge in [-0.3, -0.25) is 9.59 Å². The first-order valence-electron chi connectivity index (χ1n) is 6.46. The summed E-state index contributed by atoms with van der Waals surface area (Å²) in [6.07, 6.45) is 0.684. The van der Waals surface area contributed by atoms with Crippen LogP contribution in [-0.4, -0.2) is 37.0 Å². The SMILES string of the molecule is COC(=O)C1CCN(C(=O)c2cc(C)cc(C)c2)C1. The first kappa shape index (κ1) is 13.6. The summed E-state index contributed by atoms with van der Waals surface area (Å²) in [6.45, 7) is 5.03. The lowest BCUT2D eigenvalue weighted by Crippen LogP contribution is -2.30. The lowest BCUT2D eigenvalue weighted by molar-refractivity contribution is -0.144. The number of hydrogen-bond acceptors (Lipinski definition) is 3. The van der Waals surface area contributed by atoms with Gasteiger partial charge in [0.2, 0.25) is 0 Å². The van der Waals surface area contributed by atoms with Crippen molar-refractivity contribution in [3.05, 3.63) is 34.9 Å². The van der Waals surface area contributed by atoms with Crippen molar-refractivity contribution in [2.24, 2.45) is 5.92 Å². The number of amides is 1. The van der Waals surface area contributed by atoms with Crippen LogP contribution in [0.1, 0.15) is 27.9 Å². The van der Waals surface area contributed by atoms with Gasteiger partial charge in [0.15, 0.2) is 0 Å². The Labute approximate surface area is 113 Å². The molecule has 19 heavy (non-hydrogen) atoms. The van der Waals surface area contributed by atoms with Gasteiger partial charge in [0.25, 0.3) is 5.91 Å². The number of methoxy groups -OCH3 is 1. The Hall–Kier alpha value is -1.84. The van der Waals surface area contributed by atoms with Crippen molar-refractivity contribution >= 4 is 11.9 Å². The van der Waals surface area contributed by atoms with E-state index in [1.165, 1.54) is 7.11 Å². The highest BCUT2D eigenvalue weighted by atomic mass is 16.5. The summed E-state index contributed by atoms with van der Waals surface area (Å²) in [5.41, 5.74) is 2.85. The molecule has 1 fully saturated rings. The number of aryl methyl sites for hydroxylation is 2. The number of benzene rings is 1. The zero-order valence-electron chi connectivity index (χ0n) is 11.6. The maximum Gasteiger partial charge on any atom is 0.310 e. The zero-order chi connectivity index (χ0) is 14.0. The van der Waals surface area contributed by atoms with Crippen LogP contribution in [0.3, 0.4) is 0 Å². The van der Waals surface area contributed by atoms with Gasteiger partial charge in [0.1, 0.15) is 0 Å². The van der Waals surface area contributed by atoms with Crippen molar-refractivity contribution in [1.82, 2.24) is 4.90 Å². The van der Waals surface area contributed by atoms with Crippen LogP contribution in [-0.2, 0) is 9.53 Å². The molecule has 1 aliphatic rings. The van der Waals surface area contributed by atoms with Crippen molar-refractivity contribution in [2.75, 3.05) is 20.2 Å². The van der Waals surface area contributed by atoms with Crippen molar-refractivity contribution in [3.63, 3.8) is 0 Å². The summed E-state index contributed by atoms with van der Waals surface area (Å²) in [5, 5.41) is 0. The molecule has 4 heteroatoms.